The molecule has 94 valence electrons. The van der Waals surface area contributed by atoms with E-state index < -0.39 is 28.2 Å². The molecule has 0 unspecified atom stereocenters. The van der Waals surface area contributed by atoms with E-state index in [1.807, 2.05) is 0 Å². The van der Waals surface area contributed by atoms with Crippen molar-refractivity contribution in [2.24, 2.45) is 0 Å². The highest BCUT2D eigenvalue weighted by molar-refractivity contribution is 7.89. The third-order valence-electron chi connectivity index (χ3n) is 1.89. The maximum atomic E-state index is 11.4. The maximum Gasteiger partial charge on any atom is 0.304 e. The summed E-state index contributed by atoms with van der Waals surface area (Å²) in [7, 11) is -3.58. The Kier molecular flexibility index (Phi) is 4.53. The number of sulfonamides is 1. The van der Waals surface area contributed by atoms with Crippen LogP contribution in [0.3, 0.4) is 0 Å². The number of nitrogens with zero attached hydrogens (tertiary/aromatic N) is 2. The molecule has 0 aliphatic heterocycles. The van der Waals surface area contributed by atoms with Crippen molar-refractivity contribution in [1.29, 1.82) is 0 Å². The standard InChI is InChI=1S/C9H13N3O4S/c1-7-4-11-8(5-10-7)6-12-17(15,16)3-2-9(13)14/h4-5,12H,2-3,6H2,1H3,(H,13,14). The Labute approximate surface area is 99.0 Å². The average Bonchev–Trinajstić information content (AvgIpc) is 2.26. The predicted molar refractivity (Wildman–Crippen MR) is 59.6 cm³/mol. The van der Waals surface area contributed by atoms with Crippen molar-refractivity contribution in [3.8, 4) is 0 Å². The maximum absolute atomic E-state index is 11.4. The molecule has 0 spiro atoms. The quantitative estimate of drug-likeness (QED) is 0.724. The Morgan fingerprint density at radius 1 is 1.41 bits per heavy atom. The Morgan fingerprint density at radius 3 is 2.65 bits per heavy atom. The summed E-state index contributed by atoms with van der Waals surface area (Å²) in [4.78, 5) is 18.2. The van der Waals surface area contributed by atoms with Crippen LogP contribution in [0.15, 0.2) is 12.4 Å². The smallest absolute Gasteiger partial charge is 0.304 e. The minimum atomic E-state index is -3.58. The second kappa shape index (κ2) is 5.69. The van der Waals surface area contributed by atoms with Gasteiger partial charge < -0.3 is 5.11 Å². The Balaban J connectivity index is 2.49. The summed E-state index contributed by atoms with van der Waals surface area (Å²) in [6.45, 7) is 1.78. The number of aliphatic carboxylic acids is 1. The number of hydrogen-bond acceptors (Lipinski definition) is 5. The van der Waals surface area contributed by atoms with E-state index in [-0.39, 0.29) is 6.54 Å². The van der Waals surface area contributed by atoms with Gasteiger partial charge in [-0.15, -0.1) is 0 Å². The molecular weight excluding hydrogens is 246 g/mol. The second-order valence-electron chi connectivity index (χ2n) is 3.43. The van der Waals surface area contributed by atoms with E-state index in [2.05, 4.69) is 14.7 Å². The van der Waals surface area contributed by atoms with Crippen LogP contribution in [-0.2, 0) is 21.4 Å². The fraction of sp³-hybridized carbons (Fsp3) is 0.444. The molecule has 7 nitrogen and oxygen atoms in total. The molecule has 0 fully saturated rings. The highest BCUT2D eigenvalue weighted by Gasteiger charge is 2.12. The van der Waals surface area contributed by atoms with Gasteiger partial charge in [0.2, 0.25) is 10.0 Å². The van der Waals surface area contributed by atoms with E-state index in [1.165, 1.54) is 12.4 Å². The third-order valence-corrected chi connectivity index (χ3v) is 3.22. The molecule has 17 heavy (non-hydrogen) atoms. The van der Waals surface area contributed by atoms with Gasteiger partial charge in [0.15, 0.2) is 0 Å². The van der Waals surface area contributed by atoms with Crippen LogP contribution in [0.2, 0.25) is 0 Å². The van der Waals surface area contributed by atoms with Gasteiger partial charge in [0.25, 0.3) is 0 Å². The molecule has 0 aliphatic carbocycles. The number of nitrogens with one attached hydrogen (secondary N) is 1. The zero-order valence-corrected chi connectivity index (χ0v) is 10.1. The van der Waals surface area contributed by atoms with Gasteiger partial charge in [-0.1, -0.05) is 0 Å². The summed E-state index contributed by atoms with van der Waals surface area (Å²) in [5.74, 6) is -1.59. The normalized spacial score (nSPS) is 11.4. The van der Waals surface area contributed by atoms with Gasteiger partial charge in [0, 0.05) is 6.20 Å². The van der Waals surface area contributed by atoms with Crippen molar-refractivity contribution >= 4 is 16.0 Å². The summed E-state index contributed by atoms with van der Waals surface area (Å²) < 4.78 is 25.0. The van der Waals surface area contributed by atoms with Gasteiger partial charge in [0.1, 0.15) is 0 Å². The zero-order valence-electron chi connectivity index (χ0n) is 9.25. The van der Waals surface area contributed by atoms with Crippen molar-refractivity contribution in [3.05, 3.63) is 23.8 Å². The van der Waals surface area contributed by atoms with E-state index in [0.717, 1.165) is 5.69 Å². The van der Waals surface area contributed by atoms with Crippen LogP contribution in [0.4, 0.5) is 0 Å². The molecule has 1 rings (SSSR count). The zero-order chi connectivity index (χ0) is 12.9. The first-order valence-electron chi connectivity index (χ1n) is 4.86. The summed E-state index contributed by atoms with van der Waals surface area (Å²) in [6.07, 6.45) is 2.57. The topological polar surface area (TPSA) is 109 Å². The van der Waals surface area contributed by atoms with E-state index in [4.69, 9.17) is 5.11 Å². The lowest BCUT2D eigenvalue weighted by molar-refractivity contribution is -0.136. The lowest BCUT2D eigenvalue weighted by Gasteiger charge is -2.04. The van der Waals surface area contributed by atoms with Crippen LogP contribution in [0.1, 0.15) is 17.8 Å². The molecule has 8 heteroatoms. The van der Waals surface area contributed by atoms with Crippen molar-refractivity contribution in [1.82, 2.24) is 14.7 Å². The third kappa shape index (κ3) is 5.36. The van der Waals surface area contributed by atoms with Gasteiger partial charge >= 0.3 is 5.97 Å². The number of carbonyl (C=O) groups is 1. The summed E-state index contributed by atoms with van der Waals surface area (Å²) in [5, 5.41) is 8.38. The molecule has 0 saturated carbocycles. The summed E-state index contributed by atoms with van der Waals surface area (Å²) in [5.41, 5.74) is 1.22. The second-order valence-corrected chi connectivity index (χ2v) is 5.36. The predicted octanol–water partition coefficient (Wildman–Crippen LogP) is -0.321. The van der Waals surface area contributed by atoms with E-state index in [0.29, 0.717) is 5.69 Å². The van der Waals surface area contributed by atoms with Gasteiger partial charge in [-0.3, -0.25) is 14.8 Å². The van der Waals surface area contributed by atoms with Crippen molar-refractivity contribution in [2.45, 2.75) is 19.9 Å². The van der Waals surface area contributed by atoms with E-state index in [1.54, 1.807) is 6.92 Å². The minimum Gasteiger partial charge on any atom is -0.481 e. The average molecular weight is 259 g/mol. The van der Waals surface area contributed by atoms with Crippen LogP contribution in [0, 0.1) is 6.92 Å². The van der Waals surface area contributed by atoms with Gasteiger partial charge in [-0.25, -0.2) is 13.1 Å². The minimum absolute atomic E-state index is 0.00916. The molecule has 0 aliphatic rings. The first-order chi connectivity index (χ1) is 7.89. The number of hydrogen-bond donors (Lipinski definition) is 2. The van der Waals surface area contributed by atoms with Crippen molar-refractivity contribution in [3.63, 3.8) is 0 Å². The molecular formula is C9H13N3O4S. The molecule has 1 heterocycles. The Bertz CT molecular complexity index is 483. The first kappa shape index (κ1) is 13.5. The SMILES string of the molecule is Cc1cnc(CNS(=O)(=O)CCC(=O)O)cn1. The number of aryl methyl sites for hydroxylation is 1. The fourth-order valence-corrected chi connectivity index (χ4v) is 1.94. The molecule has 1 aromatic rings. The molecule has 1 aromatic heterocycles. The van der Waals surface area contributed by atoms with Crippen LogP contribution in [-0.4, -0.2) is 35.2 Å². The molecule has 0 atom stereocenters. The molecule has 0 bridgehead atoms. The van der Waals surface area contributed by atoms with Crippen LogP contribution in [0.5, 0.6) is 0 Å². The van der Waals surface area contributed by atoms with Crippen LogP contribution in [0.25, 0.3) is 0 Å². The van der Waals surface area contributed by atoms with Crippen LogP contribution >= 0.6 is 0 Å². The molecule has 0 amide bonds. The number of rotatable bonds is 6. The Morgan fingerprint density at radius 2 is 2.12 bits per heavy atom. The van der Waals surface area contributed by atoms with E-state index >= 15 is 0 Å². The highest BCUT2D eigenvalue weighted by Crippen LogP contribution is 1.96. The van der Waals surface area contributed by atoms with Gasteiger partial charge in [-0.2, -0.15) is 0 Å². The first-order valence-corrected chi connectivity index (χ1v) is 6.51. The largest absolute Gasteiger partial charge is 0.481 e. The number of aromatic nitrogens is 2. The van der Waals surface area contributed by atoms with Gasteiger partial charge in [0.05, 0.1) is 36.3 Å². The lowest BCUT2D eigenvalue weighted by Crippen LogP contribution is -2.27. The number of carboxylic acids is 1. The molecule has 0 radical (unpaired) electrons. The van der Waals surface area contributed by atoms with E-state index in [9.17, 15) is 13.2 Å². The fourth-order valence-electron chi connectivity index (χ4n) is 0.988. The van der Waals surface area contributed by atoms with Gasteiger partial charge in [-0.05, 0) is 6.92 Å². The number of carboxylic acid groups (broad SMARTS) is 1. The molecule has 2 N–H and O–H groups in total. The highest BCUT2D eigenvalue weighted by atomic mass is 32.2. The van der Waals surface area contributed by atoms with Crippen LogP contribution < -0.4 is 4.72 Å². The molecule has 0 saturated heterocycles. The Hall–Kier alpha value is -1.54. The lowest BCUT2D eigenvalue weighted by atomic mass is 10.4. The van der Waals surface area contributed by atoms with Crippen molar-refractivity contribution in [2.75, 3.05) is 5.75 Å². The monoisotopic (exact) mass is 259 g/mol. The van der Waals surface area contributed by atoms with Crippen molar-refractivity contribution < 1.29 is 18.3 Å². The summed E-state index contributed by atoms with van der Waals surface area (Å²) >= 11 is 0. The molecule has 0 aromatic carbocycles. The summed E-state index contributed by atoms with van der Waals surface area (Å²) in [6, 6.07) is 0.